The first kappa shape index (κ1) is 17.3. The molecule has 0 saturated carbocycles. The van der Waals surface area contributed by atoms with E-state index in [0.717, 1.165) is 23.0 Å². The summed E-state index contributed by atoms with van der Waals surface area (Å²) >= 11 is 0. The molecule has 138 valence electrons. The molecule has 0 atom stereocenters. The number of hydrogen-bond donors (Lipinski definition) is 1. The smallest absolute Gasteiger partial charge is 0.203 e. The number of nitrogens with one attached hydrogen (secondary N) is 1. The van der Waals surface area contributed by atoms with Crippen LogP contribution in [0, 0.1) is 0 Å². The Morgan fingerprint density at radius 1 is 0.815 bits per heavy atom. The quantitative estimate of drug-likeness (QED) is 0.505. The third-order valence-electron chi connectivity index (χ3n) is 5.09. The number of aromatic nitrogens is 1. The minimum Gasteiger partial charge on any atom is -0.493 e. The van der Waals surface area contributed by atoms with E-state index >= 15 is 0 Å². The standard InChI is InChI=1S/C23H23NO3/c1-5-14-10-11-18-22(16-8-6-7-9-17(16)24-18)21(14)15-12-19(25-2)23(27-4)20(13-15)26-3/h6-13,24H,5H2,1-4H3. The van der Waals surface area contributed by atoms with Gasteiger partial charge in [0.25, 0.3) is 0 Å². The van der Waals surface area contributed by atoms with E-state index in [2.05, 4.69) is 48.3 Å². The number of ether oxygens (including phenoxy) is 3. The molecule has 4 nitrogen and oxygen atoms in total. The number of fused-ring (bicyclic) bond motifs is 3. The average molecular weight is 361 g/mol. The van der Waals surface area contributed by atoms with Crippen LogP contribution in [0.5, 0.6) is 17.2 Å². The molecular weight excluding hydrogens is 338 g/mol. The van der Waals surface area contributed by atoms with Crippen LogP contribution in [0.15, 0.2) is 48.5 Å². The average Bonchev–Trinajstić information content (AvgIpc) is 3.10. The summed E-state index contributed by atoms with van der Waals surface area (Å²) in [5, 5.41) is 2.44. The van der Waals surface area contributed by atoms with E-state index in [9.17, 15) is 0 Å². The Hall–Kier alpha value is -3.14. The molecule has 0 aliphatic rings. The zero-order chi connectivity index (χ0) is 19.0. The Morgan fingerprint density at radius 2 is 1.52 bits per heavy atom. The van der Waals surface area contributed by atoms with E-state index < -0.39 is 0 Å². The highest BCUT2D eigenvalue weighted by molar-refractivity contribution is 6.15. The van der Waals surface area contributed by atoms with Crippen molar-refractivity contribution in [2.75, 3.05) is 21.3 Å². The first-order chi connectivity index (χ1) is 13.2. The Balaban J connectivity index is 2.12. The summed E-state index contributed by atoms with van der Waals surface area (Å²) in [4.78, 5) is 3.53. The molecule has 0 saturated heterocycles. The number of hydrogen-bond acceptors (Lipinski definition) is 3. The number of methoxy groups -OCH3 is 3. The zero-order valence-electron chi connectivity index (χ0n) is 16.1. The molecule has 4 heteroatoms. The highest BCUT2D eigenvalue weighted by Crippen LogP contribution is 2.44. The van der Waals surface area contributed by atoms with Crippen molar-refractivity contribution in [2.45, 2.75) is 13.3 Å². The zero-order valence-corrected chi connectivity index (χ0v) is 16.1. The summed E-state index contributed by atoms with van der Waals surface area (Å²) in [5.41, 5.74) is 5.79. The van der Waals surface area contributed by atoms with Crippen LogP contribution in [0.25, 0.3) is 32.9 Å². The molecule has 0 amide bonds. The second-order valence-electron chi connectivity index (χ2n) is 6.46. The predicted octanol–water partition coefficient (Wildman–Crippen LogP) is 5.58. The van der Waals surface area contributed by atoms with Gasteiger partial charge in [-0.2, -0.15) is 0 Å². The van der Waals surface area contributed by atoms with Crippen molar-refractivity contribution in [1.82, 2.24) is 4.98 Å². The summed E-state index contributed by atoms with van der Waals surface area (Å²) in [6.45, 7) is 2.18. The van der Waals surface area contributed by atoms with Crippen molar-refractivity contribution in [2.24, 2.45) is 0 Å². The molecule has 0 bridgehead atoms. The van der Waals surface area contributed by atoms with Crippen molar-refractivity contribution in [1.29, 1.82) is 0 Å². The normalized spacial score (nSPS) is 11.1. The summed E-state index contributed by atoms with van der Waals surface area (Å²) in [6, 6.07) is 16.8. The second kappa shape index (κ2) is 6.88. The molecule has 0 radical (unpaired) electrons. The van der Waals surface area contributed by atoms with Crippen molar-refractivity contribution >= 4 is 21.8 Å². The third-order valence-corrected chi connectivity index (χ3v) is 5.09. The molecule has 0 unspecified atom stereocenters. The Labute approximate surface area is 158 Å². The maximum absolute atomic E-state index is 5.58. The highest BCUT2D eigenvalue weighted by Gasteiger charge is 2.19. The summed E-state index contributed by atoms with van der Waals surface area (Å²) in [6.07, 6.45) is 0.932. The predicted molar refractivity (Wildman–Crippen MR) is 110 cm³/mol. The lowest BCUT2D eigenvalue weighted by Crippen LogP contribution is -1.97. The molecule has 1 heterocycles. The first-order valence-electron chi connectivity index (χ1n) is 9.04. The van der Waals surface area contributed by atoms with Gasteiger partial charge in [-0.25, -0.2) is 0 Å². The van der Waals surface area contributed by atoms with Gasteiger partial charge >= 0.3 is 0 Å². The molecule has 4 aromatic rings. The summed E-state index contributed by atoms with van der Waals surface area (Å²) in [7, 11) is 4.92. The van der Waals surface area contributed by atoms with Crippen molar-refractivity contribution in [3.63, 3.8) is 0 Å². The van der Waals surface area contributed by atoms with Gasteiger partial charge in [0.1, 0.15) is 0 Å². The van der Waals surface area contributed by atoms with E-state index in [1.807, 2.05) is 12.1 Å². The van der Waals surface area contributed by atoms with Gasteiger partial charge in [-0.15, -0.1) is 0 Å². The second-order valence-corrected chi connectivity index (χ2v) is 6.46. The lowest BCUT2D eigenvalue weighted by atomic mass is 9.92. The van der Waals surface area contributed by atoms with E-state index in [-0.39, 0.29) is 0 Å². The largest absolute Gasteiger partial charge is 0.493 e. The van der Waals surface area contributed by atoms with Gasteiger partial charge < -0.3 is 19.2 Å². The lowest BCUT2D eigenvalue weighted by molar-refractivity contribution is 0.324. The van der Waals surface area contributed by atoms with Crippen molar-refractivity contribution in [3.8, 4) is 28.4 Å². The van der Waals surface area contributed by atoms with Crippen LogP contribution in [0.2, 0.25) is 0 Å². The van der Waals surface area contributed by atoms with E-state index in [4.69, 9.17) is 14.2 Å². The van der Waals surface area contributed by atoms with Crippen molar-refractivity contribution in [3.05, 3.63) is 54.1 Å². The molecular formula is C23H23NO3. The fourth-order valence-corrected chi connectivity index (χ4v) is 3.83. The van der Waals surface area contributed by atoms with Gasteiger partial charge in [0.05, 0.1) is 21.3 Å². The molecule has 0 spiro atoms. The molecule has 4 rings (SSSR count). The van der Waals surface area contributed by atoms with Gasteiger partial charge in [0, 0.05) is 21.8 Å². The van der Waals surface area contributed by atoms with E-state index in [1.54, 1.807) is 21.3 Å². The topological polar surface area (TPSA) is 43.5 Å². The number of H-pyrrole nitrogens is 1. The van der Waals surface area contributed by atoms with Crippen LogP contribution in [0.1, 0.15) is 12.5 Å². The fourth-order valence-electron chi connectivity index (χ4n) is 3.83. The molecule has 0 aliphatic carbocycles. The molecule has 0 fully saturated rings. The van der Waals surface area contributed by atoms with Crippen LogP contribution < -0.4 is 14.2 Å². The first-order valence-corrected chi connectivity index (χ1v) is 9.04. The van der Waals surface area contributed by atoms with E-state index in [1.165, 1.54) is 21.9 Å². The number of para-hydroxylation sites is 1. The molecule has 1 aromatic heterocycles. The number of aromatic amines is 1. The monoisotopic (exact) mass is 361 g/mol. The molecule has 1 N–H and O–H groups in total. The van der Waals surface area contributed by atoms with Crippen LogP contribution >= 0.6 is 0 Å². The van der Waals surface area contributed by atoms with Gasteiger partial charge in [-0.05, 0) is 47.4 Å². The van der Waals surface area contributed by atoms with Gasteiger partial charge in [0.2, 0.25) is 5.75 Å². The minimum atomic E-state index is 0.605. The Kier molecular flexibility index (Phi) is 4.40. The van der Waals surface area contributed by atoms with E-state index in [0.29, 0.717) is 17.2 Å². The fraction of sp³-hybridized carbons (Fsp3) is 0.217. The summed E-state index contributed by atoms with van der Waals surface area (Å²) in [5.74, 6) is 1.92. The number of benzene rings is 3. The Morgan fingerprint density at radius 3 is 2.15 bits per heavy atom. The van der Waals surface area contributed by atoms with Crippen molar-refractivity contribution < 1.29 is 14.2 Å². The maximum Gasteiger partial charge on any atom is 0.203 e. The van der Waals surface area contributed by atoms with Crippen LogP contribution in [0.3, 0.4) is 0 Å². The van der Waals surface area contributed by atoms with Crippen LogP contribution in [-0.2, 0) is 6.42 Å². The highest BCUT2D eigenvalue weighted by atomic mass is 16.5. The number of rotatable bonds is 5. The lowest BCUT2D eigenvalue weighted by Gasteiger charge is -2.16. The SMILES string of the molecule is CCc1ccc2[nH]c3ccccc3c2c1-c1cc(OC)c(OC)c(OC)c1. The molecule has 27 heavy (non-hydrogen) atoms. The summed E-state index contributed by atoms with van der Waals surface area (Å²) < 4.78 is 16.7. The number of aryl methyl sites for hydroxylation is 1. The van der Waals surface area contributed by atoms with Crippen LogP contribution in [-0.4, -0.2) is 26.3 Å². The van der Waals surface area contributed by atoms with Crippen LogP contribution in [0.4, 0.5) is 0 Å². The van der Waals surface area contributed by atoms with Gasteiger partial charge in [-0.3, -0.25) is 0 Å². The third kappa shape index (κ3) is 2.69. The maximum atomic E-state index is 5.58. The minimum absolute atomic E-state index is 0.605. The van der Waals surface area contributed by atoms with Gasteiger partial charge in [-0.1, -0.05) is 31.2 Å². The molecule has 0 aliphatic heterocycles. The van der Waals surface area contributed by atoms with Gasteiger partial charge in [0.15, 0.2) is 11.5 Å². The molecule has 3 aromatic carbocycles. The Bertz CT molecular complexity index is 1100.